The number of para-hydroxylation sites is 2. The number of carboxylic acid groups (broad SMARTS) is 1. The average Bonchev–Trinajstić information content (AvgIpc) is 3.04. The zero-order valence-corrected chi connectivity index (χ0v) is 28.0. The van der Waals surface area contributed by atoms with Gasteiger partial charge in [0.05, 0.1) is 46.7 Å². The van der Waals surface area contributed by atoms with Crippen LogP contribution in [-0.4, -0.2) is 78.6 Å². The summed E-state index contributed by atoms with van der Waals surface area (Å²) in [6.07, 6.45) is 3.65. The second-order valence-corrected chi connectivity index (χ2v) is 11.8. The van der Waals surface area contributed by atoms with Crippen LogP contribution in [0.25, 0.3) is 0 Å². The lowest BCUT2D eigenvalue weighted by molar-refractivity contribution is -0.384. The number of anilines is 1. The summed E-state index contributed by atoms with van der Waals surface area (Å²) in [5, 5.41) is 24.5. The molecule has 11 nitrogen and oxygen atoms in total. The number of ether oxygens (including phenoxy) is 2. The Morgan fingerprint density at radius 1 is 0.978 bits per heavy atom. The second kappa shape index (κ2) is 18.4. The fraction of sp³-hybridized carbons (Fsp3) is 0.455. The molecule has 2 aliphatic rings. The summed E-state index contributed by atoms with van der Waals surface area (Å²) >= 11 is 9.53. The van der Waals surface area contributed by atoms with Gasteiger partial charge in [-0.05, 0) is 50.9 Å². The highest BCUT2D eigenvalue weighted by atomic mass is 35.5. The lowest BCUT2D eigenvalue weighted by Crippen LogP contribution is -2.46. The number of methoxy groups -OCH3 is 1. The summed E-state index contributed by atoms with van der Waals surface area (Å²) in [6, 6.07) is 13.8. The molecule has 2 aliphatic heterocycles. The minimum absolute atomic E-state index is 0.0400. The number of piperazine rings is 1. The molecule has 2 N–H and O–H groups in total. The molecular formula is C33H42Cl2N4O7. The standard InChI is InChI=1S/C32H40N4O7.CH2Cl2/c1-22-28(31(37)38)30(24-11-10-12-25(21-24)36(40)41)29(23(2)33-22)32(39)43-20-9-5-4-8-15-34-16-18-35(19-17-34)26-13-6-7-14-27(26)42-3;2-1-3/h6-7,10-14,21,30,33H,4-5,8-9,15-20H2,1-3H3,(H,37,38);1H2. The Bertz CT molecular complexity index is 1420. The van der Waals surface area contributed by atoms with E-state index in [2.05, 4.69) is 21.2 Å². The van der Waals surface area contributed by atoms with Crippen molar-refractivity contribution in [2.75, 3.05) is 56.7 Å². The third kappa shape index (κ3) is 9.85. The molecule has 0 spiro atoms. The maximum Gasteiger partial charge on any atom is 0.336 e. The molecule has 0 saturated carbocycles. The Morgan fingerprint density at radius 3 is 2.28 bits per heavy atom. The molecule has 1 atom stereocenters. The fourth-order valence-corrected chi connectivity index (χ4v) is 5.84. The number of carbonyl (C=O) groups is 2. The molecule has 0 aromatic heterocycles. The molecule has 4 rings (SSSR count). The van der Waals surface area contributed by atoms with Crippen LogP contribution in [0.2, 0.25) is 0 Å². The van der Waals surface area contributed by atoms with E-state index in [0.29, 0.717) is 23.4 Å². The van der Waals surface area contributed by atoms with Gasteiger partial charge in [-0.1, -0.05) is 37.1 Å². The van der Waals surface area contributed by atoms with E-state index in [4.69, 9.17) is 32.7 Å². The highest BCUT2D eigenvalue weighted by molar-refractivity contribution is 6.40. The van der Waals surface area contributed by atoms with E-state index >= 15 is 0 Å². The number of unbranched alkanes of at least 4 members (excludes halogenated alkanes) is 3. The molecule has 250 valence electrons. The number of dihydropyridines is 1. The number of nitro benzene ring substituents is 1. The van der Waals surface area contributed by atoms with Crippen molar-refractivity contribution >= 4 is 46.5 Å². The van der Waals surface area contributed by atoms with Crippen LogP contribution >= 0.6 is 23.2 Å². The van der Waals surface area contributed by atoms with Gasteiger partial charge in [0.15, 0.2) is 0 Å². The molecule has 2 heterocycles. The van der Waals surface area contributed by atoms with Crippen LogP contribution in [-0.2, 0) is 14.3 Å². The van der Waals surface area contributed by atoms with Crippen molar-refractivity contribution in [2.24, 2.45) is 0 Å². The third-order valence-corrected chi connectivity index (χ3v) is 8.03. The average molecular weight is 678 g/mol. The topological polar surface area (TPSA) is 134 Å². The van der Waals surface area contributed by atoms with Crippen molar-refractivity contribution in [3.63, 3.8) is 0 Å². The van der Waals surface area contributed by atoms with E-state index in [1.165, 1.54) is 18.2 Å². The number of nitrogens with zero attached hydrogens (tertiary/aromatic N) is 3. The number of benzene rings is 2. The Kier molecular flexibility index (Phi) is 14.6. The van der Waals surface area contributed by atoms with Crippen LogP contribution in [0, 0.1) is 10.1 Å². The van der Waals surface area contributed by atoms with E-state index in [9.17, 15) is 24.8 Å². The van der Waals surface area contributed by atoms with Crippen molar-refractivity contribution in [1.82, 2.24) is 10.2 Å². The van der Waals surface area contributed by atoms with Crippen LogP contribution in [0.4, 0.5) is 11.4 Å². The molecule has 1 saturated heterocycles. The first kappa shape index (κ1) is 36.7. The van der Waals surface area contributed by atoms with Crippen LogP contribution in [0.15, 0.2) is 71.1 Å². The van der Waals surface area contributed by atoms with Crippen molar-refractivity contribution in [2.45, 2.75) is 45.4 Å². The molecule has 46 heavy (non-hydrogen) atoms. The van der Waals surface area contributed by atoms with Gasteiger partial charge in [0.2, 0.25) is 0 Å². The summed E-state index contributed by atoms with van der Waals surface area (Å²) in [7, 11) is 1.70. The molecular weight excluding hydrogens is 635 g/mol. The van der Waals surface area contributed by atoms with E-state index in [-0.39, 0.29) is 28.8 Å². The van der Waals surface area contributed by atoms with E-state index in [1.54, 1.807) is 27.0 Å². The fourth-order valence-electron chi connectivity index (χ4n) is 5.84. The van der Waals surface area contributed by atoms with Crippen molar-refractivity contribution in [3.05, 3.63) is 86.7 Å². The number of hydrogen-bond acceptors (Lipinski definition) is 9. The normalized spacial score (nSPS) is 16.7. The van der Waals surface area contributed by atoms with Crippen LogP contribution in [0.3, 0.4) is 0 Å². The first-order chi connectivity index (χ1) is 22.1. The molecule has 2 aromatic carbocycles. The maximum absolute atomic E-state index is 13.3. The molecule has 1 fully saturated rings. The Balaban J connectivity index is 0.00000185. The number of halogens is 2. The van der Waals surface area contributed by atoms with Gasteiger partial charge >= 0.3 is 11.9 Å². The lowest BCUT2D eigenvalue weighted by Gasteiger charge is -2.36. The van der Waals surface area contributed by atoms with Crippen molar-refractivity contribution in [1.29, 1.82) is 0 Å². The number of rotatable bonds is 13. The predicted octanol–water partition coefficient (Wildman–Crippen LogP) is 6.27. The number of carboxylic acids is 1. The first-order valence-electron chi connectivity index (χ1n) is 15.2. The second-order valence-electron chi connectivity index (χ2n) is 10.9. The van der Waals surface area contributed by atoms with Gasteiger partial charge in [-0.25, -0.2) is 9.59 Å². The smallest absolute Gasteiger partial charge is 0.336 e. The SMILES string of the molecule is COc1ccccc1N1CCN(CCCCCCOC(=O)C2=C(C)NC(C)=C(C(=O)O)C2c2cccc([N+](=O)[O-])c2)CC1.ClCCl. The summed E-state index contributed by atoms with van der Waals surface area (Å²) < 4.78 is 11.1. The highest BCUT2D eigenvalue weighted by Gasteiger charge is 2.37. The number of nitro groups is 1. The van der Waals surface area contributed by atoms with Gasteiger partial charge < -0.3 is 24.8 Å². The molecule has 1 unspecified atom stereocenters. The summed E-state index contributed by atoms with van der Waals surface area (Å²) in [5.74, 6) is -1.92. The molecule has 0 aliphatic carbocycles. The molecule has 0 bridgehead atoms. The lowest BCUT2D eigenvalue weighted by atomic mass is 9.80. The monoisotopic (exact) mass is 676 g/mol. The molecule has 2 aromatic rings. The number of carbonyl (C=O) groups excluding carboxylic acids is 1. The minimum atomic E-state index is -1.21. The number of alkyl halides is 2. The van der Waals surface area contributed by atoms with Crippen molar-refractivity contribution < 1.29 is 29.1 Å². The Labute approximate surface area is 279 Å². The number of non-ortho nitro benzene ring substituents is 1. The van der Waals surface area contributed by atoms with E-state index in [0.717, 1.165) is 63.4 Å². The Morgan fingerprint density at radius 2 is 1.63 bits per heavy atom. The summed E-state index contributed by atoms with van der Waals surface area (Å²) in [6.45, 7) is 8.42. The maximum atomic E-state index is 13.3. The zero-order valence-electron chi connectivity index (χ0n) is 26.5. The Hall–Kier alpha value is -3.80. The number of nitrogens with one attached hydrogen (secondary N) is 1. The predicted molar refractivity (Wildman–Crippen MR) is 180 cm³/mol. The largest absolute Gasteiger partial charge is 0.495 e. The zero-order chi connectivity index (χ0) is 33.6. The van der Waals surface area contributed by atoms with Gasteiger partial charge in [-0.2, -0.15) is 0 Å². The van der Waals surface area contributed by atoms with Gasteiger partial charge in [0, 0.05) is 49.7 Å². The van der Waals surface area contributed by atoms with Gasteiger partial charge in [0.1, 0.15) is 5.75 Å². The number of aliphatic carboxylic acids is 1. The summed E-state index contributed by atoms with van der Waals surface area (Å²) in [4.78, 5) is 41.1. The summed E-state index contributed by atoms with van der Waals surface area (Å²) in [5.41, 5.74) is 2.26. The van der Waals surface area contributed by atoms with Crippen LogP contribution < -0.4 is 15.0 Å². The van der Waals surface area contributed by atoms with Crippen molar-refractivity contribution in [3.8, 4) is 5.75 Å². The molecule has 0 amide bonds. The van der Waals surface area contributed by atoms with Crippen LogP contribution in [0.1, 0.15) is 51.0 Å². The van der Waals surface area contributed by atoms with Gasteiger partial charge in [0.25, 0.3) is 5.69 Å². The molecule has 0 radical (unpaired) electrons. The number of esters is 1. The van der Waals surface area contributed by atoms with E-state index < -0.39 is 22.8 Å². The quantitative estimate of drug-likeness (QED) is 0.0822. The first-order valence-corrected chi connectivity index (χ1v) is 16.2. The minimum Gasteiger partial charge on any atom is -0.495 e. The van der Waals surface area contributed by atoms with Crippen LogP contribution in [0.5, 0.6) is 5.75 Å². The van der Waals surface area contributed by atoms with Gasteiger partial charge in [-0.15, -0.1) is 23.2 Å². The van der Waals surface area contributed by atoms with E-state index in [1.807, 2.05) is 18.2 Å². The number of hydrogen-bond donors (Lipinski definition) is 2. The molecule has 13 heteroatoms. The third-order valence-electron chi connectivity index (χ3n) is 8.03. The van der Waals surface area contributed by atoms with Gasteiger partial charge in [-0.3, -0.25) is 15.0 Å². The number of allylic oxidation sites excluding steroid dienone is 2. The highest BCUT2D eigenvalue weighted by Crippen LogP contribution is 2.39.